The number of rotatable bonds is 0. The standard InChI is InChI=1S/C10H9Cl2N/c1-6-5-7-9(13(6)2)4-3-8(11)10(7)12/h3-5H,1-2H3. The molecule has 0 aliphatic rings. The fraction of sp³-hybridized carbons (Fsp3) is 0.200. The minimum atomic E-state index is 0.611. The van der Waals surface area contributed by atoms with E-state index in [1.54, 1.807) is 0 Å². The lowest BCUT2D eigenvalue weighted by molar-refractivity contribution is 0.918. The Hall–Kier alpha value is -0.660. The summed E-state index contributed by atoms with van der Waals surface area (Å²) in [5.41, 5.74) is 2.30. The highest BCUT2D eigenvalue weighted by Crippen LogP contribution is 2.32. The van der Waals surface area contributed by atoms with Crippen molar-refractivity contribution in [3.8, 4) is 0 Å². The fourth-order valence-corrected chi connectivity index (χ4v) is 1.86. The van der Waals surface area contributed by atoms with E-state index in [9.17, 15) is 0 Å². The molecule has 1 aromatic heterocycles. The normalized spacial score (nSPS) is 11.1. The predicted molar refractivity (Wildman–Crippen MR) is 57.7 cm³/mol. The first-order chi connectivity index (χ1) is 6.11. The molecule has 0 atom stereocenters. The molecular weight excluding hydrogens is 205 g/mol. The number of benzene rings is 1. The molecule has 1 aromatic carbocycles. The first-order valence-electron chi connectivity index (χ1n) is 4.01. The van der Waals surface area contributed by atoms with Crippen molar-refractivity contribution in [2.24, 2.45) is 7.05 Å². The van der Waals surface area contributed by atoms with Crippen molar-refractivity contribution < 1.29 is 0 Å². The SMILES string of the molecule is Cc1cc2c(Cl)c(Cl)ccc2n1C. The average Bonchev–Trinajstić information content (AvgIpc) is 2.38. The second-order valence-electron chi connectivity index (χ2n) is 3.14. The van der Waals surface area contributed by atoms with E-state index in [4.69, 9.17) is 23.2 Å². The Bertz CT molecular complexity index is 471. The third-order valence-electron chi connectivity index (χ3n) is 2.35. The monoisotopic (exact) mass is 213 g/mol. The summed E-state index contributed by atoms with van der Waals surface area (Å²) in [5.74, 6) is 0. The average molecular weight is 214 g/mol. The summed E-state index contributed by atoms with van der Waals surface area (Å²) >= 11 is 12.0. The molecule has 0 saturated carbocycles. The number of hydrogen-bond donors (Lipinski definition) is 0. The van der Waals surface area contributed by atoms with Gasteiger partial charge in [-0.2, -0.15) is 0 Å². The van der Waals surface area contributed by atoms with Gasteiger partial charge < -0.3 is 4.57 Å². The molecule has 0 fully saturated rings. The Morgan fingerprint density at radius 1 is 1.23 bits per heavy atom. The van der Waals surface area contributed by atoms with Gasteiger partial charge in [0.2, 0.25) is 0 Å². The lowest BCUT2D eigenvalue weighted by Gasteiger charge is -2.00. The predicted octanol–water partition coefficient (Wildman–Crippen LogP) is 3.79. The Kier molecular flexibility index (Phi) is 2.01. The summed E-state index contributed by atoms with van der Waals surface area (Å²) in [5, 5.41) is 2.27. The quantitative estimate of drug-likeness (QED) is 0.628. The molecule has 0 bridgehead atoms. The second kappa shape index (κ2) is 2.93. The molecule has 0 N–H and O–H groups in total. The Labute approximate surface area is 86.9 Å². The maximum absolute atomic E-state index is 6.07. The van der Waals surface area contributed by atoms with Crippen LogP contribution in [0.2, 0.25) is 10.0 Å². The summed E-state index contributed by atoms with van der Waals surface area (Å²) in [6, 6.07) is 5.85. The molecule has 0 unspecified atom stereocenters. The lowest BCUT2D eigenvalue weighted by atomic mass is 10.2. The molecule has 3 heteroatoms. The summed E-state index contributed by atoms with van der Waals surface area (Å²) in [4.78, 5) is 0. The van der Waals surface area contributed by atoms with Crippen LogP contribution >= 0.6 is 23.2 Å². The van der Waals surface area contributed by atoms with E-state index in [2.05, 4.69) is 4.57 Å². The van der Waals surface area contributed by atoms with E-state index in [-0.39, 0.29) is 0 Å². The molecule has 0 amide bonds. The fourth-order valence-electron chi connectivity index (χ4n) is 1.48. The van der Waals surface area contributed by atoms with Crippen molar-refractivity contribution in [1.82, 2.24) is 4.57 Å². The maximum atomic E-state index is 6.07. The number of aryl methyl sites for hydroxylation is 2. The molecule has 0 aliphatic heterocycles. The number of hydrogen-bond acceptors (Lipinski definition) is 0. The van der Waals surface area contributed by atoms with Gasteiger partial charge in [0.05, 0.1) is 10.0 Å². The van der Waals surface area contributed by atoms with Gasteiger partial charge >= 0.3 is 0 Å². The van der Waals surface area contributed by atoms with Crippen LogP contribution in [0.25, 0.3) is 10.9 Å². The molecule has 0 saturated heterocycles. The van der Waals surface area contributed by atoms with Crippen molar-refractivity contribution in [1.29, 1.82) is 0 Å². The van der Waals surface area contributed by atoms with Gasteiger partial charge in [-0.15, -0.1) is 0 Å². The molecule has 2 rings (SSSR count). The van der Waals surface area contributed by atoms with E-state index in [1.165, 1.54) is 5.69 Å². The Morgan fingerprint density at radius 2 is 1.92 bits per heavy atom. The molecule has 13 heavy (non-hydrogen) atoms. The minimum absolute atomic E-state index is 0.611. The second-order valence-corrected chi connectivity index (χ2v) is 3.92. The highest BCUT2D eigenvalue weighted by molar-refractivity contribution is 6.45. The topological polar surface area (TPSA) is 4.93 Å². The van der Waals surface area contributed by atoms with Crippen molar-refractivity contribution in [2.45, 2.75) is 6.92 Å². The van der Waals surface area contributed by atoms with E-state index in [1.807, 2.05) is 32.2 Å². The summed E-state index contributed by atoms with van der Waals surface area (Å²) in [7, 11) is 2.02. The number of nitrogens with zero attached hydrogens (tertiary/aromatic N) is 1. The van der Waals surface area contributed by atoms with Crippen LogP contribution in [0.15, 0.2) is 18.2 Å². The molecular formula is C10H9Cl2N. The van der Waals surface area contributed by atoms with Gasteiger partial charge in [0.15, 0.2) is 0 Å². The van der Waals surface area contributed by atoms with Crippen molar-refractivity contribution in [3.63, 3.8) is 0 Å². The molecule has 1 nitrogen and oxygen atoms in total. The van der Waals surface area contributed by atoms with Crippen LogP contribution in [0, 0.1) is 6.92 Å². The van der Waals surface area contributed by atoms with Crippen LogP contribution in [0.3, 0.4) is 0 Å². The van der Waals surface area contributed by atoms with Gasteiger partial charge in [0.1, 0.15) is 0 Å². The van der Waals surface area contributed by atoms with Crippen LogP contribution in [-0.2, 0) is 7.05 Å². The molecule has 2 aromatic rings. The van der Waals surface area contributed by atoms with Crippen LogP contribution < -0.4 is 0 Å². The molecule has 0 spiro atoms. The zero-order chi connectivity index (χ0) is 9.59. The lowest BCUT2D eigenvalue weighted by Crippen LogP contribution is -1.88. The van der Waals surface area contributed by atoms with Gasteiger partial charge in [-0.3, -0.25) is 0 Å². The van der Waals surface area contributed by atoms with Crippen molar-refractivity contribution in [2.75, 3.05) is 0 Å². The minimum Gasteiger partial charge on any atom is -0.348 e. The smallest absolute Gasteiger partial charge is 0.0686 e. The summed E-state index contributed by atoms with van der Waals surface area (Å²) < 4.78 is 2.09. The number of aromatic nitrogens is 1. The highest BCUT2D eigenvalue weighted by atomic mass is 35.5. The zero-order valence-electron chi connectivity index (χ0n) is 7.44. The van der Waals surface area contributed by atoms with Crippen LogP contribution in [0.5, 0.6) is 0 Å². The van der Waals surface area contributed by atoms with Gasteiger partial charge in [-0.25, -0.2) is 0 Å². The van der Waals surface area contributed by atoms with E-state index < -0.39 is 0 Å². The third kappa shape index (κ3) is 1.23. The first kappa shape index (κ1) is 8.92. The van der Waals surface area contributed by atoms with E-state index in [0.29, 0.717) is 10.0 Å². The maximum Gasteiger partial charge on any atom is 0.0686 e. The third-order valence-corrected chi connectivity index (χ3v) is 3.17. The first-order valence-corrected chi connectivity index (χ1v) is 4.77. The van der Waals surface area contributed by atoms with E-state index >= 15 is 0 Å². The molecule has 0 radical (unpaired) electrons. The van der Waals surface area contributed by atoms with Crippen LogP contribution in [0.1, 0.15) is 5.69 Å². The molecule has 1 heterocycles. The zero-order valence-corrected chi connectivity index (χ0v) is 8.95. The van der Waals surface area contributed by atoms with Crippen molar-refractivity contribution >= 4 is 34.1 Å². The Balaban J connectivity index is 2.94. The summed E-state index contributed by atoms with van der Waals surface area (Å²) in [6.45, 7) is 2.05. The van der Waals surface area contributed by atoms with Gasteiger partial charge in [-0.1, -0.05) is 23.2 Å². The highest BCUT2D eigenvalue weighted by Gasteiger charge is 2.07. The van der Waals surface area contributed by atoms with Gasteiger partial charge in [0.25, 0.3) is 0 Å². The number of fused-ring (bicyclic) bond motifs is 1. The van der Waals surface area contributed by atoms with Gasteiger partial charge in [-0.05, 0) is 25.1 Å². The summed E-state index contributed by atoms with van der Waals surface area (Å²) in [6.07, 6.45) is 0. The number of halogens is 2. The molecule has 68 valence electrons. The van der Waals surface area contributed by atoms with Crippen LogP contribution in [0.4, 0.5) is 0 Å². The van der Waals surface area contributed by atoms with Crippen LogP contribution in [-0.4, -0.2) is 4.57 Å². The largest absolute Gasteiger partial charge is 0.348 e. The Morgan fingerprint density at radius 3 is 2.62 bits per heavy atom. The molecule has 0 aliphatic carbocycles. The van der Waals surface area contributed by atoms with Gasteiger partial charge in [0, 0.05) is 23.6 Å². The van der Waals surface area contributed by atoms with Crippen molar-refractivity contribution in [3.05, 3.63) is 33.9 Å². The van der Waals surface area contributed by atoms with E-state index in [0.717, 1.165) is 10.9 Å².